The highest BCUT2D eigenvalue weighted by molar-refractivity contribution is 5.20. The van der Waals surface area contributed by atoms with Gasteiger partial charge in [0.15, 0.2) is 0 Å². The number of piperazine rings is 1. The lowest BCUT2D eigenvalue weighted by Gasteiger charge is -2.35. The van der Waals surface area contributed by atoms with Gasteiger partial charge in [-0.25, -0.2) is 0 Å². The first kappa shape index (κ1) is 14.4. The first-order valence-electron chi connectivity index (χ1n) is 7.36. The maximum atomic E-state index is 5.74. The number of para-hydroxylation sites is 1. The highest BCUT2D eigenvalue weighted by Gasteiger charge is 2.16. The lowest BCUT2D eigenvalue weighted by molar-refractivity contribution is 0.109. The van der Waals surface area contributed by atoms with E-state index in [0.717, 1.165) is 24.8 Å². The molecule has 1 aliphatic rings. The molecule has 0 aromatic heterocycles. The van der Waals surface area contributed by atoms with E-state index in [1.54, 1.807) is 0 Å². The Balaban J connectivity index is 1.61. The first-order valence-corrected chi connectivity index (χ1v) is 7.36. The standard InChI is InChI=1S/C16H26N2O/c1-15(2)14-18-10-8-17(9-11-18)12-13-19-16-6-4-3-5-7-16/h3-7,15H,8-14H2,1-2H3. The van der Waals surface area contributed by atoms with Gasteiger partial charge in [-0.1, -0.05) is 32.0 Å². The quantitative estimate of drug-likeness (QED) is 0.782. The maximum Gasteiger partial charge on any atom is 0.119 e. The van der Waals surface area contributed by atoms with Crippen LogP contribution in [0.5, 0.6) is 5.75 Å². The van der Waals surface area contributed by atoms with E-state index in [-0.39, 0.29) is 0 Å². The van der Waals surface area contributed by atoms with E-state index >= 15 is 0 Å². The van der Waals surface area contributed by atoms with Crippen LogP contribution in [0.15, 0.2) is 30.3 Å². The summed E-state index contributed by atoms with van der Waals surface area (Å²) in [6.07, 6.45) is 0. The van der Waals surface area contributed by atoms with E-state index in [4.69, 9.17) is 4.74 Å². The van der Waals surface area contributed by atoms with Crippen LogP contribution in [0.1, 0.15) is 13.8 Å². The molecule has 1 aliphatic heterocycles. The molecule has 1 aromatic rings. The van der Waals surface area contributed by atoms with Crippen LogP contribution >= 0.6 is 0 Å². The highest BCUT2D eigenvalue weighted by atomic mass is 16.5. The molecular weight excluding hydrogens is 236 g/mol. The van der Waals surface area contributed by atoms with Crippen LogP contribution in [0.3, 0.4) is 0 Å². The van der Waals surface area contributed by atoms with Crippen LogP contribution in [0, 0.1) is 5.92 Å². The molecule has 0 spiro atoms. The van der Waals surface area contributed by atoms with Gasteiger partial charge in [-0.3, -0.25) is 4.90 Å². The molecule has 0 radical (unpaired) electrons. The third kappa shape index (κ3) is 5.21. The highest BCUT2D eigenvalue weighted by Crippen LogP contribution is 2.09. The Hall–Kier alpha value is -1.06. The zero-order valence-corrected chi connectivity index (χ0v) is 12.2. The van der Waals surface area contributed by atoms with Crippen molar-refractivity contribution in [1.29, 1.82) is 0 Å². The predicted octanol–water partition coefficient (Wildman–Crippen LogP) is 2.34. The molecule has 0 atom stereocenters. The molecule has 3 heteroatoms. The van der Waals surface area contributed by atoms with E-state index in [1.165, 1.54) is 32.7 Å². The number of ether oxygens (including phenoxy) is 1. The normalized spacial score (nSPS) is 17.8. The van der Waals surface area contributed by atoms with Gasteiger partial charge in [-0.15, -0.1) is 0 Å². The number of hydrogen-bond donors (Lipinski definition) is 0. The SMILES string of the molecule is CC(C)CN1CCN(CCOc2ccccc2)CC1. The van der Waals surface area contributed by atoms with Crippen molar-refractivity contribution in [2.75, 3.05) is 45.9 Å². The number of nitrogens with zero attached hydrogens (tertiary/aromatic N) is 2. The van der Waals surface area contributed by atoms with Crippen LogP contribution in [0.25, 0.3) is 0 Å². The molecule has 19 heavy (non-hydrogen) atoms. The molecule has 0 amide bonds. The fourth-order valence-corrected chi connectivity index (χ4v) is 2.52. The summed E-state index contributed by atoms with van der Waals surface area (Å²) in [4.78, 5) is 5.07. The van der Waals surface area contributed by atoms with Gasteiger partial charge >= 0.3 is 0 Å². The fourth-order valence-electron chi connectivity index (χ4n) is 2.52. The van der Waals surface area contributed by atoms with E-state index < -0.39 is 0 Å². The van der Waals surface area contributed by atoms with Crippen molar-refractivity contribution in [3.8, 4) is 5.75 Å². The van der Waals surface area contributed by atoms with Crippen molar-refractivity contribution in [3.05, 3.63) is 30.3 Å². The number of rotatable bonds is 6. The molecule has 1 aromatic carbocycles. The Labute approximate surface area is 117 Å². The zero-order chi connectivity index (χ0) is 13.5. The van der Waals surface area contributed by atoms with Crippen molar-refractivity contribution < 1.29 is 4.74 Å². The van der Waals surface area contributed by atoms with Crippen LogP contribution in [-0.2, 0) is 0 Å². The van der Waals surface area contributed by atoms with Crippen molar-refractivity contribution in [1.82, 2.24) is 9.80 Å². The summed E-state index contributed by atoms with van der Waals surface area (Å²) in [7, 11) is 0. The Morgan fingerprint density at radius 2 is 1.63 bits per heavy atom. The fraction of sp³-hybridized carbons (Fsp3) is 0.625. The van der Waals surface area contributed by atoms with Gasteiger partial charge in [0.05, 0.1) is 0 Å². The Morgan fingerprint density at radius 3 is 2.26 bits per heavy atom. The average Bonchev–Trinajstić information content (AvgIpc) is 2.41. The van der Waals surface area contributed by atoms with Crippen molar-refractivity contribution in [3.63, 3.8) is 0 Å². The predicted molar refractivity (Wildman–Crippen MR) is 79.7 cm³/mol. The van der Waals surface area contributed by atoms with Crippen LogP contribution in [0.2, 0.25) is 0 Å². The van der Waals surface area contributed by atoms with E-state index in [2.05, 4.69) is 23.6 Å². The molecule has 0 aliphatic carbocycles. The number of benzene rings is 1. The van der Waals surface area contributed by atoms with Gasteiger partial charge in [0.1, 0.15) is 12.4 Å². The van der Waals surface area contributed by atoms with Gasteiger partial charge in [0.2, 0.25) is 0 Å². The minimum atomic E-state index is 0.771. The summed E-state index contributed by atoms with van der Waals surface area (Å²) in [6.45, 7) is 12.4. The van der Waals surface area contributed by atoms with E-state index in [9.17, 15) is 0 Å². The summed E-state index contributed by atoms with van der Waals surface area (Å²) < 4.78 is 5.74. The van der Waals surface area contributed by atoms with Gasteiger partial charge in [0.25, 0.3) is 0 Å². The first-order chi connectivity index (χ1) is 9.24. The lowest BCUT2D eigenvalue weighted by atomic mass is 10.2. The van der Waals surface area contributed by atoms with Gasteiger partial charge < -0.3 is 9.64 Å². The van der Waals surface area contributed by atoms with Crippen LogP contribution in [0.4, 0.5) is 0 Å². The smallest absolute Gasteiger partial charge is 0.119 e. The molecule has 0 bridgehead atoms. The molecule has 3 nitrogen and oxygen atoms in total. The van der Waals surface area contributed by atoms with Gasteiger partial charge in [0, 0.05) is 39.3 Å². The second-order valence-corrected chi connectivity index (χ2v) is 5.70. The number of hydrogen-bond acceptors (Lipinski definition) is 3. The molecule has 1 fully saturated rings. The minimum Gasteiger partial charge on any atom is -0.492 e. The molecule has 106 valence electrons. The van der Waals surface area contributed by atoms with Crippen LogP contribution in [-0.4, -0.2) is 55.7 Å². The Kier molecular flexibility index (Phi) is 5.67. The Bertz CT molecular complexity index is 345. The second kappa shape index (κ2) is 7.51. The average molecular weight is 262 g/mol. The topological polar surface area (TPSA) is 15.7 Å². The van der Waals surface area contributed by atoms with E-state index in [1.807, 2.05) is 30.3 Å². The summed E-state index contributed by atoms with van der Waals surface area (Å²) in [5.74, 6) is 1.74. The van der Waals surface area contributed by atoms with Gasteiger partial charge in [-0.05, 0) is 18.1 Å². The van der Waals surface area contributed by atoms with E-state index in [0.29, 0.717) is 0 Å². The summed E-state index contributed by atoms with van der Waals surface area (Å²) in [5, 5.41) is 0. The maximum absolute atomic E-state index is 5.74. The zero-order valence-electron chi connectivity index (χ0n) is 12.2. The van der Waals surface area contributed by atoms with Gasteiger partial charge in [-0.2, -0.15) is 0 Å². The van der Waals surface area contributed by atoms with Crippen molar-refractivity contribution in [2.24, 2.45) is 5.92 Å². The molecular formula is C16H26N2O. The third-order valence-electron chi connectivity index (χ3n) is 3.51. The molecule has 0 saturated carbocycles. The summed E-state index contributed by atoms with van der Waals surface area (Å²) >= 11 is 0. The van der Waals surface area contributed by atoms with Crippen molar-refractivity contribution >= 4 is 0 Å². The monoisotopic (exact) mass is 262 g/mol. The molecule has 1 heterocycles. The molecule has 2 rings (SSSR count). The summed E-state index contributed by atoms with van der Waals surface area (Å²) in [6, 6.07) is 10.1. The largest absolute Gasteiger partial charge is 0.492 e. The molecule has 0 N–H and O–H groups in total. The minimum absolute atomic E-state index is 0.771. The lowest BCUT2D eigenvalue weighted by Crippen LogP contribution is -2.48. The second-order valence-electron chi connectivity index (χ2n) is 5.70. The van der Waals surface area contributed by atoms with Crippen LogP contribution < -0.4 is 4.74 Å². The van der Waals surface area contributed by atoms with Crippen molar-refractivity contribution in [2.45, 2.75) is 13.8 Å². The molecule has 0 unspecified atom stereocenters. The Morgan fingerprint density at radius 1 is 1.00 bits per heavy atom. The molecule has 1 saturated heterocycles. The third-order valence-corrected chi connectivity index (χ3v) is 3.51. The summed E-state index contributed by atoms with van der Waals surface area (Å²) in [5.41, 5.74) is 0.